The van der Waals surface area contributed by atoms with Crippen molar-refractivity contribution in [3.8, 4) is 22.9 Å². The predicted octanol–water partition coefficient (Wildman–Crippen LogP) is 7.74. The van der Waals surface area contributed by atoms with Gasteiger partial charge >= 0.3 is 0 Å². The normalized spacial score (nSPS) is 10.9. The van der Waals surface area contributed by atoms with E-state index in [1.807, 2.05) is 42.6 Å². The number of rotatable bonds is 11. The molecule has 3 amide bonds. The van der Waals surface area contributed by atoms with Crippen molar-refractivity contribution in [2.24, 2.45) is 0 Å². The summed E-state index contributed by atoms with van der Waals surface area (Å²) < 4.78 is 5.30. The maximum atomic E-state index is 13.5. The Labute approximate surface area is 281 Å². The fraction of sp³-hybridized carbons (Fsp3) is 0.0811. The van der Waals surface area contributed by atoms with Gasteiger partial charge in [-0.15, -0.1) is 23.1 Å². The third-order valence-corrected chi connectivity index (χ3v) is 8.80. The number of carbonyl (C=O) groups excluding carboxylic acids is 3. The molecule has 234 valence electrons. The minimum absolute atomic E-state index is 0.0405. The minimum Gasteiger partial charge on any atom is -0.497 e. The lowest BCUT2D eigenvalue weighted by Crippen LogP contribution is -2.30. The summed E-state index contributed by atoms with van der Waals surface area (Å²) in [7, 11) is 1.55. The molecule has 1 aromatic heterocycles. The lowest BCUT2D eigenvalue weighted by molar-refractivity contribution is -0.114. The first-order valence-corrected chi connectivity index (χ1v) is 16.3. The summed E-state index contributed by atoms with van der Waals surface area (Å²) in [5, 5.41) is 20.6. The van der Waals surface area contributed by atoms with Gasteiger partial charge in [0.25, 0.3) is 11.8 Å². The van der Waals surface area contributed by atoms with E-state index in [1.54, 1.807) is 86.0 Å². The van der Waals surface area contributed by atoms with E-state index in [2.05, 4.69) is 22.0 Å². The molecule has 8 nitrogen and oxygen atoms in total. The Morgan fingerprint density at radius 1 is 0.915 bits per heavy atom. The lowest BCUT2D eigenvalue weighted by atomic mass is 10.0. The highest BCUT2D eigenvalue weighted by molar-refractivity contribution is 8.00. The van der Waals surface area contributed by atoms with Crippen LogP contribution in [0.4, 0.5) is 10.7 Å². The molecule has 0 spiro atoms. The number of thiophene rings is 1. The molecule has 0 saturated carbocycles. The van der Waals surface area contributed by atoms with Gasteiger partial charge in [-0.05, 0) is 66.6 Å². The fourth-order valence-corrected chi connectivity index (χ4v) is 6.21. The molecule has 47 heavy (non-hydrogen) atoms. The van der Waals surface area contributed by atoms with Crippen LogP contribution in [0, 0.1) is 18.3 Å². The van der Waals surface area contributed by atoms with Crippen LogP contribution in [-0.4, -0.2) is 30.6 Å². The number of methoxy groups -OCH3 is 1. The van der Waals surface area contributed by atoms with Crippen LogP contribution in [-0.2, 0) is 9.59 Å². The molecule has 0 bridgehead atoms. The molecule has 0 radical (unpaired) electrons. The second-order valence-corrected chi connectivity index (χ2v) is 12.2. The quantitative estimate of drug-likeness (QED) is 0.0987. The molecule has 0 fully saturated rings. The highest BCUT2D eigenvalue weighted by Gasteiger charge is 2.17. The predicted molar refractivity (Wildman–Crippen MR) is 189 cm³/mol. The van der Waals surface area contributed by atoms with Crippen LogP contribution in [0.25, 0.3) is 17.2 Å². The molecule has 5 aromatic rings. The largest absolute Gasteiger partial charge is 0.497 e. The van der Waals surface area contributed by atoms with E-state index < -0.39 is 11.8 Å². The van der Waals surface area contributed by atoms with Crippen molar-refractivity contribution in [3.63, 3.8) is 0 Å². The maximum Gasteiger partial charge on any atom is 0.272 e. The minimum atomic E-state index is -0.525. The van der Waals surface area contributed by atoms with E-state index >= 15 is 0 Å². The Morgan fingerprint density at radius 2 is 1.68 bits per heavy atom. The smallest absolute Gasteiger partial charge is 0.272 e. The van der Waals surface area contributed by atoms with Crippen LogP contribution in [0.1, 0.15) is 27.0 Å². The molecule has 0 saturated heterocycles. The average molecular weight is 659 g/mol. The number of nitriles is 1. The summed E-state index contributed by atoms with van der Waals surface area (Å²) in [5.74, 6) is -0.514. The molecule has 5 rings (SSSR count). The van der Waals surface area contributed by atoms with Gasteiger partial charge in [0.2, 0.25) is 5.91 Å². The van der Waals surface area contributed by atoms with Gasteiger partial charge in [-0.2, -0.15) is 5.26 Å². The number of amides is 3. The van der Waals surface area contributed by atoms with Gasteiger partial charge < -0.3 is 20.7 Å². The van der Waals surface area contributed by atoms with E-state index in [0.29, 0.717) is 33.1 Å². The van der Waals surface area contributed by atoms with Crippen LogP contribution in [0.3, 0.4) is 0 Å². The first kappa shape index (κ1) is 32.8. The van der Waals surface area contributed by atoms with Crippen molar-refractivity contribution < 1.29 is 19.1 Å². The number of carbonyl (C=O) groups is 3. The molecule has 0 aliphatic heterocycles. The zero-order valence-electron chi connectivity index (χ0n) is 25.6. The summed E-state index contributed by atoms with van der Waals surface area (Å²) in [6.45, 7) is 2.00. The van der Waals surface area contributed by atoms with Crippen LogP contribution in [0.5, 0.6) is 5.75 Å². The number of ether oxygens (including phenoxy) is 1. The van der Waals surface area contributed by atoms with Gasteiger partial charge in [0.05, 0.1) is 18.4 Å². The Bertz CT molecular complexity index is 1980. The third-order valence-electron chi connectivity index (χ3n) is 6.91. The second kappa shape index (κ2) is 15.6. The monoisotopic (exact) mass is 658 g/mol. The summed E-state index contributed by atoms with van der Waals surface area (Å²) in [5.41, 5.74) is 4.84. The average Bonchev–Trinajstić information content (AvgIpc) is 3.50. The van der Waals surface area contributed by atoms with Crippen LogP contribution >= 0.6 is 23.1 Å². The first-order chi connectivity index (χ1) is 22.8. The van der Waals surface area contributed by atoms with Crippen LogP contribution < -0.4 is 20.7 Å². The summed E-state index contributed by atoms with van der Waals surface area (Å²) in [6.07, 6.45) is 1.58. The molecule has 10 heteroatoms. The van der Waals surface area contributed by atoms with E-state index in [9.17, 15) is 19.6 Å². The van der Waals surface area contributed by atoms with Gasteiger partial charge in [-0.3, -0.25) is 14.4 Å². The third kappa shape index (κ3) is 8.76. The summed E-state index contributed by atoms with van der Waals surface area (Å²) in [6, 6.07) is 32.9. The summed E-state index contributed by atoms with van der Waals surface area (Å²) >= 11 is 2.60. The Kier molecular flexibility index (Phi) is 10.9. The highest BCUT2D eigenvalue weighted by Crippen LogP contribution is 2.35. The molecule has 1 heterocycles. The number of hydrogen-bond acceptors (Lipinski definition) is 7. The Balaban J connectivity index is 1.26. The van der Waals surface area contributed by atoms with Gasteiger partial charge in [0, 0.05) is 27.1 Å². The molecule has 4 aromatic carbocycles. The highest BCUT2D eigenvalue weighted by atomic mass is 32.2. The first-order valence-electron chi connectivity index (χ1n) is 14.5. The van der Waals surface area contributed by atoms with E-state index in [1.165, 1.54) is 23.1 Å². The van der Waals surface area contributed by atoms with Gasteiger partial charge in [-0.1, -0.05) is 66.2 Å². The van der Waals surface area contributed by atoms with E-state index in [4.69, 9.17) is 4.74 Å². The van der Waals surface area contributed by atoms with E-state index in [-0.39, 0.29) is 17.4 Å². The number of anilines is 2. The van der Waals surface area contributed by atoms with Crippen molar-refractivity contribution in [3.05, 3.63) is 136 Å². The zero-order chi connectivity index (χ0) is 33.2. The van der Waals surface area contributed by atoms with Crippen molar-refractivity contribution >= 4 is 57.6 Å². The molecular weight excluding hydrogens is 629 g/mol. The molecule has 0 aliphatic rings. The van der Waals surface area contributed by atoms with Crippen molar-refractivity contribution in [2.75, 3.05) is 23.5 Å². The number of aryl methyl sites for hydroxylation is 1. The second-order valence-electron chi connectivity index (χ2n) is 10.3. The SMILES string of the molecule is COc1cccc(/C=C(\NC(=O)c2ccccc2)C(=O)Nc2cccc(SCC(=O)Nc3scc(-c4ccc(C)cc4)c3C#N)c2)c1. The van der Waals surface area contributed by atoms with Gasteiger partial charge in [-0.25, -0.2) is 0 Å². The standard InChI is InChI=1S/C37H30N4O4S2/c1-24-14-16-26(17-15-24)32-22-47-37(31(32)21-38)41-34(42)23-46-30-13-7-11-28(20-30)39-36(44)33(19-25-8-6-12-29(18-25)45-2)40-35(43)27-9-4-3-5-10-27/h3-20,22H,23H2,1-2H3,(H,39,44)(H,40,43)(H,41,42)/b33-19-. The molecule has 3 N–H and O–H groups in total. The maximum absolute atomic E-state index is 13.5. The number of nitrogens with zero attached hydrogens (tertiary/aromatic N) is 1. The molecular formula is C37H30N4O4S2. The molecule has 0 unspecified atom stereocenters. The number of benzene rings is 4. The topological polar surface area (TPSA) is 120 Å². The van der Waals surface area contributed by atoms with Gasteiger partial charge in [0.15, 0.2) is 0 Å². The van der Waals surface area contributed by atoms with Crippen molar-refractivity contribution in [2.45, 2.75) is 11.8 Å². The number of nitrogens with one attached hydrogen (secondary N) is 3. The Hall–Kier alpha value is -5.63. The number of hydrogen-bond donors (Lipinski definition) is 3. The van der Waals surface area contributed by atoms with Gasteiger partial charge in [0.1, 0.15) is 22.5 Å². The molecule has 0 aliphatic carbocycles. The molecule has 0 atom stereocenters. The van der Waals surface area contributed by atoms with Crippen molar-refractivity contribution in [1.29, 1.82) is 5.26 Å². The lowest BCUT2D eigenvalue weighted by Gasteiger charge is -2.12. The number of thioether (sulfide) groups is 1. The van der Waals surface area contributed by atoms with Crippen molar-refractivity contribution in [1.82, 2.24) is 5.32 Å². The fourth-order valence-electron chi connectivity index (χ4n) is 4.52. The summed E-state index contributed by atoms with van der Waals surface area (Å²) in [4.78, 5) is 40.1. The zero-order valence-corrected chi connectivity index (χ0v) is 27.2. The Morgan fingerprint density at radius 3 is 2.43 bits per heavy atom. The van der Waals surface area contributed by atoms with E-state index in [0.717, 1.165) is 21.6 Å². The van der Waals surface area contributed by atoms with Crippen LogP contribution in [0.2, 0.25) is 0 Å². The van der Waals surface area contributed by atoms with Crippen LogP contribution in [0.15, 0.2) is 119 Å².